The average molecular weight is 283 g/mol. The van der Waals surface area contributed by atoms with Gasteiger partial charge in [0.15, 0.2) is 0 Å². The summed E-state index contributed by atoms with van der Waals surface area (Å²) in [4.78, 5) is 5.14. The Balaban J connectivity index is 1.95. The summed E-state index contributed by atoms with van der Waals surface area (Å²) in [6, 6.07) is 0.617. The second kappa shape index (κ2) is 7.21. The van der Waals surface area contributed by atoms with Crippen molar-refractivity contribution in [2.45, 2.75) is 64.1 Å². The van der Waals surface area contributed by atoms with Crippen molar-refractivity contribution in [3.05, 3.63) is 0 Å². The summed E-state index contributed by atoms with van der Waals surface area (Å²) in [5, 5.41) is 0. The van der Waals surface area contributed by atoms with E-state index < -0.39 is 0 Å². The first-order chi connectivity index (χ1) is 9.61. The number of morpholine rings is 1. The molecule has 4 nitrogen and oxygen atoms in total. The zero-order valence-corrected chi connectivity index (χ0v) is 13.6. The van der Waals surface area contributed by atoms with Gasteiger partial charge in [-0.3, -0.25) is 9.80 Å². The lowest BCUT2D eigenvalue weighted by Gasteiger charge is -2.44. The van der Waals surface area contributed by atoms with Gasteiger partial charge in [0.05, 0.1) is 12.7 Å². The molecule has 2 aliphatic rings. The molecule has 0 spiro atoms. The lowest BCUT2D eigenvalue weighted by atomic mass is 9.94. The number of ether oxygens (including phenoxy) is 1. The van der Waals surface area contributed by atoms with Gasteiger partial charge in [-0.15, -0.1) is 0 Å². The van der Waals surface area contributed by atoms with E-state index >= 15 is 0 Å². The van der Waals surface area contributed by atoms with Crippen molar-refractivity contribution in [1.82, 2.24) is 9.80 Å². The Morgan fingerprint density at radius 3 is 2.60 bits per heavy atom. The number of likely N-dealkylation sites (N-methyl/N-ethyl adjacent to an activating group) is 1. The van der Waals surface area contributed by atoms with Crippen LogP contribution in [0, 0.1) is 0 Å². The first-order valence-corrected chi connectivity index (χ1v) is 8.42. The minimum atomic E-state index is 0.248. The van der Waals surface area contributed by atoms with Crippen LogP contribution >= 0.6 is 0 Å². The molecule has 0 aromatic rings. The Bertz CT molecular complexity index is 289. The number of nitrogens with two attached hydrogens (primary N) is 1. The van der Waals surface area contributed by atoms with Crippen molar-refractivity contribution in [3.8, 4) is 0 Å². The second-order valence-corrected chi connectivity index (χ2v) is 6.76. The molecule has 0 bridgehead atoms. The first kappa shape index (κ1) is 16.2. The molecule has 1 unspecified atom stereocenters. The van der Waals surface area contributed by atoms with Gasteiger partial charge >= 0.3 is 0 Å². The largest absolute Gasteiger partial charge is 0.374 e. The average Bonchev–Trinajstić information content (AvgIpc) is 2.95. The van der Waals surface area contributed by atoms with Crippen molar-refractivity contribution >= 4 is 0 Å². The molecule has 0 radical (unpaired) electrons. The lowest BCUT2D eigenvalue weighted by Crippen LogP contribution is -2.57. The summed E-state index contributed by atoms with van der Waals surface area (Å²) < 4.78 is 6.02. The maximum atomic E-state index is 6.13. The number of hydrogen-bond acceptors (Lipinski definition) is 4. The van der Waals surface area contributed by atoms with Gasteiger partial charge in [-0.2, -0.15) is 0 Å². The highest BCUT2D eigenvalue weighted by Crippen LogP contribution is 2.34. The fourth-order valence-electron chi connectivity index (χ4n) is 3.91. The van der Waals surface area contributed by atoms with E-state index in [1.165, 1.54) is 25.7 Å². The molecule has 20 heavy (non-hydrogen) atoms. The quantitative estimate of drug-likeness (QED) is 0.805. The Hall–Kier alpha value is -0.160. The molecule has 1 atom stereocenters. The van der Waals surface area contributed by atoms with Gasteiger partial charge in [-0.25, -0.2) is 0 Å². The van der Waals surface area contributed by atoms with Gasteiger partial charge in [-0.1, -0.05) is 19.8 Å². The van der Waals surface area contributed by atoms with Crippen molar-refractivity contribution in [2.24, 2.45) is 5.73 Å². The standard InChI is InChI=1S/C16H33N3O/c1-4-19(16(13-17)7-5-6-8-16)12-15-11-18(14(2)3)9-10-20-15/h14-15H,4-13,17H2,1-3H3. The van der Waals surface area contributed by atoms with E-state index in [-0.39, 0.29) is 5.54 Å². The molecule has 2 fully saturated rings. The maximum absolute atomic E-state index is 6.13. The van der Waals surface area contributed by atoms with E-state index in [1.807, 2.05) is 0 Å². The highest BCUT2D eigenvalue weighted by Gasteiger charge is 2.39. The fourth-order valence-corrected chi connectivity index (χ4v) is 3.91. The van der Waals surface area contributed by atoms with Crippen LogP contribution < -0.4 is 5.73 Å². The molecule has 1 heterocycles. The van der Waals surface area contributed by atoms with Crippen molar-refractivity contribution in [3.63, 3.8) is 0 Å². The maximum Gasteiger partial charge on any atom is 0.0829 e. The molecule has 118 valence electrons. The summed E-state index contributed by atoms with van der Waals surface area (Å²) >= 11 is 0. The zero-order valence-electron chi connectivity index (χ0n) is 13.6. The molecular formula is C16H33N3O. The molecular weight excluding hydrogens is 250 g/mol. The van der Waals surface area contributed by atoms with E-state index in [0.717, 1.165) is 39.3 Å². The summed E-state index contributed by atoms with van der Waals surface area (Å²) in [6.45, 7) is 12.7. The van der Waals surface area contributed by atoms with E-state index in [9.17, 15) is 0 Å². The van der Waals surface area contributed by atoms with Crippen LogP contribution in [-0.2, 0) is 4.74 Å². The minimum absolute atomic E-state index is 0.248. The molecule has 0 aromatic heterocycles. The van der Waals surface area contributed by atoms with E-state index in [1.54, 1.807) is 0 Å². The highest BCUT2D eigenvalue weighted by molar-refractivity contribution is 4.96. The van der Waals surface area contributed by atoms with Gasteiger partial charge in [-0.05, 0) is 33.2 Å². The predicted molar refractivity (Wildman–Crippen MR) is 83.9 cm³/mol. The molecule has 1 saturated heterocycles. The highest BCUT2D eigenvalue weighted by atomic mass is 16.5. The summed E-state index contributed by atoms with van der Waals surface area (Å²) in [6.07, 6.45) is 5.53. The molecule has 4 heteroatoms. The molecule has 1 aliphatic heterocycles. The lowest BCUT2D eigenvalue weighted by molar-refractivity contribution is -0.0653. The van der Waals surface area contributed by atoms with Crippen molar-refractivity contribution in [2.75, 3.05) is 39.3 Å². The van der Waals surface area contributed by atoms with E-state index in [2.05, 4.69) is 30.6 Å². The van der Waals surface area contributed by atoms with E-state index in [0.29, 0.717) is 12.1 Å². The minimum Gasteiger partial charge on any atom is -0.374 e. The van der Waals surface area contributed by atoms with Crippen LogP contribution in [0.25, 0.3) is 0 Å². The monoisotopic (exact) mass is 283 g/mol. The third kappa shape index (κ3) is 3.53. The van der Waals surface area contributed by atoms with Gasteiger partial charge in [0.2, 0.25) is 0 Å². The third-order valence-electron chi connectivity index (χ3n) is 5.29. The fraction of sp³-hybridized carbons (Fsp3) is 1.00. The van der Waals surface area contributed by atoms with Crippen LogP contribution in [-0.4, -0.2) is 66.8 Å². The van der Waals surface area contributed by atoms with Crippen LogP contribution in [0.1, 0.15) is 46.5 Å². The van der Waals surface area contributed by atoms with Crippen molar-refractivity contribution in [1.29, 1.82) is 0 Å². The third-order valence-corrected chi connectivity index (χ3v) is 5.29. The van der Waals surface area contributed by atoms with Crippen LogP contribution in [0.5, 0.6) is 0 Å². The second-order valence-electron chi connectivity index (χ2n) is 6.76. The van der Waals surface area contributed by atoms with Crippen LogP contribution in [0.2, 0.25) is 0 Å². The summed E-state index contributed by atoms with van der Waals surface area (Å²) in [5.74, 6) is 0. The molecule has 1 saturated carbocycles. The number of rotatable bonds is 6. The van der Waals surface area contributed by atoms with E-state index in [4.69, 9.17) is 10.5 Å². The summed E-state index contributed by atoms with van der Waals surface area (Å²) in [5.41, 5.74) is 6.38. The van der Waals surface area contributed by atoms with Gasteiger partial charge in [0, 0.05) is 37.8 Å². The van der Waals surface area contributed by atoms with Crippen LogP contribution in [0.3, 0.4) is 0 Å². The van der Waals surface area contributed by atoms with Crippen LogP contribution in [0.15, 0.2) is 0 Å². The summed E-state index contributed by atoms with van der Waals surface area (Å²) in [7, 11) is 0. The molecule has 0 amide bonds. The molecule has 0 aromatic carbocycles. The smallest absolute Gasteiger partial charge is 0.0829 e. The van der Waals surface area contributed by atoms with Crippen molar-refractivity contribution < 1.29 is 4.74 Å². The van der Waals surface area contributed by atoms with Crippen LogP contribution in [0.4, 0.5) is 0 Å². The SMILES string of the molecule is CCN(CC1CN(C(C)C)CCO1)C1(CN)CCCC1. The van der Waals surface area contributed by atoms with Gasteiger partial charge in [0.25, 0.3) is 0 Å². The Kier molecular flexibility index (Phi) is 5.84. The first-order valence-electron chi connectivity index (χ1n) is 8.42. The number of hydrogen-bond donors (Lipinski definition) is 1. The zero-order chi connectivity index (χ0) is 14.6. The van der Waals surface area contributed by atoms with Gasteiger partial charge < -0.3 is 10.5 Å². The molecule has 2 N–H and O–H groups in total. The Morgan fingerprint density at radius 1 is 1.35 bits per heavy atom. The topological polar surface area (TPSA) is 41.7 Å². The Labute approximate surface area is 124 Å². The molecule has 1 aliphatic carbocycles. The van der Waals surface area contributed by atoms with Gasteiger partial charge in [0.1, 0.15) is 0 Å². The number of nitrogens with zero attached hydrogens (tertiary/aromatic N) is 2. The molecule has 2 rings (SSSR count). The normalized spacial score (nSPS) is 27.6. The Morgan fingerprint density at radius 2 is 2.05 bits per heavy atom. The predicted octanol–water partition coefficient (Wildman–Crippen LogP) is 1.69.